The van der Waals surface area contributed by atoms with Crippen LogP contribution in [0.1, 0.15) is 5.69 Å². The van der Waals surface area contributed by atoms with E-state index < -0.39 is 0 Å². The lowest BCUT2D eigenvalue weighted by Gasteiger charge is -2.05. The predicted octanol–water partition coefficient (Wildman–Crippen LogP) is 1.22. The van der Waals surface area contributed by atoms with Crippen molar-refractivity contribution in [3.05, 3.63) is 34.5 Å². The van der Waals surface area contributed by atoms with E-state index in [1.807, 2.05) is 5.38 Å². The van der Waals surface area contributed by atoms with Crippen LogP contribution in [-0.2, 0) is 6.42 Å². The molecular formula is C10H9ClN8S. The van der Waals surface area contributed by atoms with Crippen molar-refractivity contribution in [2.24, 2.45) is 0 Å². The second kappa shape index (κ2) is 5.88. The number of halogens is 1. The zero-order valence-electron chi connectivity index (χ0n) is 10.1. The minimum Gasteiger partial charge on any atom is -0.354 e. The van der Waals surface area contributed by atoms with Gasteiger partial charge in [-0.25, -0.2) is 9.97 Å². The van der Waals surface area contributed by atoms with Crippen LogP contribution in [0, 0.1) is 0 Å². The Morgan fingerprint density at radius 1 is 1.30 bits per heavy atom. The van der Waals surface area contributed by atoms with Crippen molar-refractivity contribution in [3.63, 3.8) is 0 Å². The third kappa shape index (κ3) is 3.06. The van der Waals surface area contributed by atoms with Gasteiger partial charge in [0.05, 0.1) is 11.2 Å². The summed E-state index contributed by atoms with van der Waals surface area (Å²) in [7, 11) is 0. The van der Waals surface area contributed by atoms with Crippen molar-refractivity contribution >= 4 is 28.9 Å². The molecule has 10 heteroatoms. The Kier molecular flexibility index (Phi) is 3.79. The van der Waals surface area contributed by atoms with Crippen molar-refractivity contribution in [3.8, 4) is 5.95 Å². The monoisotopic (exact) mass is 308 g/mol. The summed E-state index contributed by atoms with van der Waals surface area (Å²) in [5.41, 5.74) is 2.83. The first-order valence-corrected chi connectivity index (χ1v) is 7.01. The van der Waals surface area contributed by atoms with Crippen molar-refractivity contribution in [1.29, 1.82) is 0 Å². The molecule has 0 saturated heterocycles. The van der Waals surface area contributed by atoms with E-state index in [2.05, 4.69) is 35.3 Å². The molecule has 0 amide bonds. The van der Waals surface area contributed by atoms with Gasteiger partial charge in [0.2, 0.25) is 11.2 Å². The number of nitrogens with zero attached hydrogens (tertiary/aromatic N) is 7. The van der Waals surface area contributed by atoms with E-state index in [9.17, 15) is 0 Å². The zero-order chi connectivity index (χ0) is 13.8. The van der Waals surface area contributed by atoms with Crippen LogP contribution in [0.3, 0.4) is 0 Å². The average Bonchev–Trinajstić information content (AvgIpc) is 3.11. The van der Waals surface area contributed by atoms with E-state index in [1.165, 1.54) is 17.3 Å². The van der Waals surface area contributed by atoms with Gasteiger partial charge in [-0.15, -0.1) is 11.3 Å². The molecule has 3 heterocycles. The number of nitrogens with one attached hydrogen (secondary N) is 1. The Hall–Kier alpha value is -2.13. The third-order valence-corrected chi connectivity index (χ3v) is 3.17. The molecule has 3 rings (SSSR count). The van der Waals surface area contributed by atoms with Gasteiger partial charge in [-0.2, -0.15) is 24.7 Å². The second-order valence-electron chi connectivity index (χ2n) is 3.72. The largest absolute Gasteiger partial charge is 0.354 e. The van der Waals surface area contributed by atoms with Crippen LogP contribution in [0.2, 0.25) is 5.28 Å². The first kappa shape index (κ1) is 12.9. The summed E-state index contributed by atoms with van der Waals surface area (Å²) in [5, 5.41) is 9.13. The molecule has 0 fully saturated rings. The smallest absolute Gasteiger partial charge is 0.258 e. The standard InChI is InChI=1S/C10H9ClN8S/c11-8-16-9(13-2-1-7-3-20-6-14-7)18-10(17-8)19-5-12-4-15-19/h3-6H,1-2H2,(H,13,16,17,18). The van der Waals surface area contributed by atoms with Gasteiger partial charge in [-0.05, 0) is 11.6 Å². The number of hydrogen-bond donors (Lipinski definition) is 1. The summed E-state index contributed by atoms with van der Waals surface area (Å²) < 4.78 is 1.42. The molecule has 0 aromatic carbocycles. The third-order valence-electron chi connectivity index (χ3n) is 2.37. The van der Waals surface area contributed by atoms with Crippen molar-refractivity contribution in [2.45, 2.75) is 6.42 Å². The number of anilines is 1. The summed E-state index contributed by atoms with van der Waals surface area (Å²) in [6.07, 6.45) is 3.67. The van der Waals surface area contributed by atoms with Crippen LogP contribution < -0.4 is 5.32 Å². The molecule has 102 valence electrons. The minimum absolute atomic E-state index is 0.0988. The van der Waals surface area contributed by atoms with E-state index >= 15 is 0 Å². The highest BCUT2D eigenvalue weighted by atomic mass is 35.5. The Morgan fingerprint density at radius 3 is 3.00 bits per heavy atom. The Balaban J connectivity index is 1.70. The predicted molar refractivity (Wildman–Crippen MR) is 74.1 cm³/mol. The maximum absolute atomic E-state index is 5.87. The molecule has 3 aromatic rings. The first-order valence-electron chi connectivity index (χ1n) is 5.69. The van der Waals surface area contributed by atoms with Crippen LogP contribution in [0.5, 0.6) is 0 Å². The summed E-state index contributed by atoms with van der Waals surface area (Å²) in [4.78, 5) is 20.3. The Morgan fingerprint density at radius 2 is 2.25 bits per heavy atom. The lowest BCUT2D eigenvalue weighted by atomic mass is 10.3. The van der Waals surface area contributed by atoms with Crippen molar-refractivity contribution in [2.75, 3.05) is 11.9 Å². The average molecular weight is 309 g/mol. The first-order chi connectivity index (χ1) is 9.81. The molecule has 0 aliphatic carbocycles. The summed E-state index contributed by atoms with van der Waals surface area (Å²) >= 11 is 7.44. The van der Waals surface area contributed by atoms with Gasteiger partial charge in [0.15, 0.2) is 0 Å². The molecule has 0 radical (unpaired) electrons. The molecule has 0 aliphatic rings. The van der Waals surface area contributed by atoms with Crippen LogP contribution in [0.15, 0.2) is 23.5 Å². The van der Waals surface area contributed by atoms with Crippen LogP contribution in [0.4, 0.5) is 5.95 Å². The van der Waals surface area contributed by atoms with E-state index in [4.69, 9.17) is 11.6 Å². The molecule has 0 spiro atoms. The molecule has 0 bridgehead atoms. The fourth-order valence-electron chi connectivity index (χ4n) is 1.50. The van der Waals surface area contributed by atoms with Gasteiger partial charge in [-0.3, -0.25) is 0 Å². The Labute approximate surface area is 122 Å². The van der Waals surface area contributed by atoms with E-state index in [0.29, 0.717) is 18.4 Å². The van der Waals surface area contributed by atoms with Gasteiger partial charge < -0.3 is 5.32 Å². The highest BCUT2D eigenvalue weighted by Crippen LogP contribution is 2.09. The van der Waals surface area contributed by atoms with Crippen LogP contribution in [0.25, 0.3) is 5.95 Å². The maximum Gasteiger partial charge on any atom is 0.258 e. The lowest BCUT2D eigenvalue weighted by Crippen LogP contribution is -2.11. The number of thiazole rings is 1. The number of aromatic nitrogens is 7. The zero-order valence-corrected chi connectivity index (χ0v) is 11.7. The molecule has 0 atom stereocenters. The topological polar surface area (TPSA) is 94.3 Å². The fourth-order valence-corrected chi connectivity index (χ4v) is 2.24. The van der Waals surface area contributed by atoms with E-state index in [1.54, 1.807) is 16.8 Å². The quantitative estimate of drug-likeness (QED) is 0.757. The van der Waals surface area contributed by atoms with Crippen LogP contribution in [-0.4, -0.2) is 41.2 Å². The molecule has 0 aliphatic heterocycles. The second-order valence-corrected chi connectivity index (χ2v) is 4.78. The minimum atomic E-state index is 0.0988. The molecule has 1 N–H and O–H groups in total. The van der Waals surface area contributed by atoms with Crippen molar-refractivity contribution in [1.82, 2.24) is 34.7 Å². The van der Waals surface area contributed by atoms with Gasteiger partial charge in [0, 0.05) is 18.3 Å². The molecule has 20 heavy (non-hydrogen) atoms. The lowest BCUT2D eigenvalue weighted by molar-refractivity contribution is 0.792. The van der Waals surface area contributed by atoms with Crippen molar-refractivity contribution < 1.29 is 0 Å². The molecule has 3 aromatic heterocycles. The summed E-state index contributed by atoms with van der Waals surface area (Å²) in [5.74, 6) is 0.712. The molecule has 0 unspecified atom stereocenters. The Bertz CT molecular complexity index is 669. The van der Waals surface area contributed by atoms with E-state index in [0.717, 1.165) is 12.1 Å². The van der Waals surface area contributed by atoms with Gasteiger partial charge in [0.1, 0.15) is 12.7 Å². The molecule has 8 nitrogen and oxygen atoms in total. The fraction of sp³-hybridized carbons (Fsp3) is 0.200. The van der Waals surface area contributed by atoms with Gasteiger partial charge in [-0.1, -0.05) is 0 Å². The van der Waals surface area contributed by atoms with Crippen LogP contribution >= 0.6 is 22.9 Å². The molecule has 0 saturated carbocycles. The number of rotatable bonds is 5. The molecular weight excluding hydrogens is 300 g/mol. The van der Waals surface area contributed by atoms with E-state index in [-0.39, 0.29) is 5.28 Å². The number of hydrogen-bond acceptors (Lipinski definition) is 8. The summed E-state index contributed by atoms with van der Waals surface area (Å²) in [6, 6.07) is 0. The van der Waals surface area contributed by atoms with Gasteiger partial charge in [0.25, 0.3) is 5.95 Å². The van der Waals surface area contributed by atoms with Gasteiger partial charge >= 0.3 is 0 Å². The summed E-state index contributed by atoms with van der Waals surface area (Å²) in [6.45, 7) is 0.654. The normalized spacial score (nSPS) is 10.7. The maximum atomic E-state index is 5.87. The SMILES string of the molecule is Clc1nc(NCCc2cscn2)nc(-n2cncn2)n1. The highest BCUT2D eigenvalue weighted by Gasteiger charge is 2.07. The highest BCUT2D eigenvalue weighted by molar-refractivity contribution is 7.07.